The van der Waals surface area contributed by atoms with E-state index in [0.717, 1.165) is 32.1 Å². The maximum atomic E-state index is 15.2. The van der Waals surface area contributed by atoms with E-state index in [-0.39, 0.29) is 34.9 Å². The molecule has 0 saturated carbocycles. The number of ether oxygens (including phenoxy) is 3. The molecule has 12 heteroatoms. The summed E-state index contributed by atoms with van der Waals surface area (Å²) in [6, 6.07) is 11.9. The molecule has 2 heterocycles. The lowest BCUT2D eigenvalue weighted by Crippen LogP contribution is -2.51. The van der Waals surface area contributed by atoms with Crippen molar-refractivity contribution in [3.05, 3.63) is 77.1 Å². The highest BCUT2D eigenvalue weighted by Crippen LogP contribution is 2.36. The highest BCUT2D eigenvalue weighted by Gasteiger charge is 2.25. The van der Waals surface area contributed by atoms with Gasteiger partial charge in [-0.05, 0) is 36.2 Å². The Balaban J connectivity index is 1.34. The van der Waals surface area contributed by atoms with Gasteiger partial charge >= 0.3 is 0 Å². The van der Waals surface area contributed by atoms with Gasteiger partial charge in [0.05, 0.1) is 34.6 Å². The average Bonchev–Trinajstić information content (AvgIpc) is 2.97. The number of hydrogen-bond acceptors (Lipinski definition) is 8. The van der Waals surface area contributed by atoms with Crippen molar-refractivity contribution in [2.75, 3.05) is 44.0 Å². The summed E-state index contributed by atoms with van der Waals surface area (Å²) in [4.78, 5) is 23.6. The van der Waals surface area contributed by atoms with Crippen LogP contribution >= 0.6 is 11.6 Å². The predicted octanol–water partition coefficient (Wildman–Crippen LogP) is 6.58. The monoisotopic (exact) mass is 625 g/mol. The third-order valence-electron chi connectivity index (χ3n) is 7.21. The van der Waals surface area contributed by atoms with Gasteiger partial charge in [-0.15, -0.1) is 0 Å². The third kappa shape index (κ3) is 7.71. The van der Waals surface area contributed by atoms with Crippen LogP contribution < -0.4 is 20.1 Å². The first-order valence-corrected chi connectivity index (χ1v) is 14.7. The van der Waals surface area contributed by atoms with E-state index in [0.29, 0.717) is 46.4 Å². The maximum Gasteiger partial charge on any atom is 0.227 e. The van der Waals surface area contributed by atoms with Crippen LogP contribution in [0, 0.1) is 17.6 Å². The number of nitrogens with zero attached hydrogens (tertiary/aromatic N) is 3. The molecule has 3 aromatic carbocycles. The van der Waals surface area contributed by atoms with Crippen molar-refractivity contribution >= 4 is 45.6 Å². The van der Waals surface area contributed by atoms with Crippen molar-refractivity contribution < 1.29 is 27.8 Å². The molecule has 0 unspecified atom stereocenters. The van der Waals surface area contributed by atoms with Crippen LogP contribution in [0.4, 0.5) is 26.0 Å². The maximum absolute atomic E-state index is 15.2. The summed E-state index contributed by atoms with van der Waals surface area (Å²) in [5.41, 5.74) is 1.63. The van der Waals surface area contributed by atoms with Gasteiger partial charge in [-0.25, -0.2) is 18.7 Å². The third-order valence-corrected chi connectivity index (χ3v) is 7.51. The quantitative estimate of drug-likeness (QED) is 0.161. The first kappa shape index (κ1) is 31.4. The molecule has 9 nitrogen and oxygen atoms in total. The normalized spacial score (nSPS) is 13.6. The van der Waals surface area contributed by atoms with E-state index in [1.54, 1.807) is 45.2 Å². The van der Waals surface area contributed by atoms with Gasteiger partial charge in [0.15, 0.2) is 0 Å². The molecule has 0 bridgehead atoms. The Hall–Kier alpha value is -4.06. The molecule has 0 aliphatic carbocycles. The average molecular weight is 626 g/mol. The first-order valence-electron chi connectivity index (χ1n) is 14.3. The van der Waals surface area contributed by atoms with E-state index in [1.165, 1.54) is 24.5 Å². The fourth-order valence-electron chi connectivity index (χ4n) is 4.65. The second-order valence-corrected chi connectivity index (χ2v) is 11.3. The fourth-order valence-corrected chi connectivity index (χ4v) is 4.87. The van der Waals surface area contributed by atoms with Crippen molar-refractivity contribution in [2.45, 2.75) is 33.0 Å². The van der Waals surface area contributed by atoms with E-state index in [9.17, 15) is 9.18 Å². The summed E-state index contributed by atoms with van der Waals surface area (Å²) in [6.07, 6.45) is 2.44. The smallest absolute Gasteiger partial charge is 0.227 e. The zero-order chi connectivity index (χ0) is 31.2. The number of carbonyl (C=O) groups is 1. The lowest BCUT2D eigenvalue weighted by atomic mass is 10.1. The minimum atomic E-state index is -0.636. The zero-order valence-corrected chi connectivity index (χ0v) is 25.5. The number of likely N-dealkylation sites (tertiary alicyclic amines) is 1. The predicted molar refractivity (Wildman–Crippen MR) is 166 cm³/mol. The number of aromatic nitrogens is 2. The number of rotatable bonds is 13. The molecule has 1 aliphatic heterocycles. The van der Waals surface area contributed by atoms with Gasteiger partial charge < -0.3 is 24.8 Å². The van der Waals surface area contributed by atoms with E-state index < -0.39 is 11.6 Å². The first-order chi connectivity index (χ1) is 21.2. The van der Waals surface area contributed by atoms with Crippen LogP contribution in [0.1, 0.15) is 25.8 Å². The summed E-state index contributed by atoms with van der Waals surface area (Å²) in [5.74, 6) is -0.588. The number of amides is 1. The Morgan fingerprint density at radius 3 is 2.64 bits per heavy atom. The highest BCUT2D eigenvalue weighted by atomic mass is 35.5. The number of fused-ring (bicyclic) bond motifs is 1. The number of halogens is 3. The standard InChI is InChI=1S/C32H34ClF2N5O4/c1-19(2)32(41)39-28-11-23-26(14-30(28)43-9-5-8-40-15-22(16-40)42-3)36-18-37-31(23)38-27-12-24(33)29(13-25(27)35)44-17-20-6-4-7-21(34)10-20/h4,6-7,10-14,18-19,22H,5,8-9,15-17H2,1-3H3,(H,39,41)(H,36,37,38). The highest BCUT2D eigenvalue weighted by molar-refractivity contribution is 6.32. The summed E-state index contributed by atoms with van der Waals surface area (Å²) in [5, 5.41) is 6.60. The van der Waals surface area contributed by atoms with Gasteiger partial charge in [0, 0.05) is 50.2 Å². The van der Waals surface area contributed by atoms with Gasteiger partial charge in [-0.2, -0.15) is 0 Å². The Bertz CT molecular complexity index is 1630. The van der Waals surface area contributed by atoms with Crippen molar-refractivity contribution in [1.82, 2.24) is 14.9 Å². The molecule has 0 spiro atoms. The minimum absolute atomic E-state index is 0.0159. The second kappa shape index (κ2) is 14.1. The van der Waals surface area contributed by atoms with Crippen LogP contribution in [0.2, 0.25) is 5.02 Å². The van der Waals surface area contributed by atoms with E-state index in [1.807, 2.05) is 0 Å². The number of benzene rings is 3. The van der Waals surface area contributed by atoms with Crippen LogP contribution in [0.3, 0.4) is 0 Å². The Morgan fingerprint density at radius 1 is 1.07 bits per heavy atom. The molecule has 2 N–H and O–H groups in total. The van der Waals surface area contributed by atoms with Crippen LogP contribution in [0.15, 0.2) is 54.9 Å². The van der Waals surface area contributed by atoms with E-state index >= 15 is 4.39 Å². The SMILES string of the molecule is COC1CN(CCCOc2cc3ncnc(Nc4cc(Cl)c(OCc5cccc(F)c5)cc4F)c3cc2NC(=O)C(C)C)C1. The van der Waals surface area contributed by atoms with Crippen molar-refractivity contribution in [1.29, 1.82) is 0 Å². The van der Waals surface area contributed by atoms with Crippen LogP contribution in [-0.2, 0) is 16.1 Å². The topological polar surface area (TPSA) is 97.8 Å². The largest absolute Gasteiger partial charge is 0.491 e. The Labute approximate surface area is 259 Å². The molecule has 4 aromatic rings. The number of carbonyl (C=O) groups excluding carboxylic acids is 1. The molecule has 232 valence electrons. The molecular formula is C32H34ClF2N5O4. The molecular weight excluding hydrogens is 592 g/mol. The molecule has 0 radical (unpaired) electrons. The summed E-state index contributed by atoms with van der Waals surface area (Å²) in [6.45, 7) is 6.74. The zero-order valence-electron chi connectivity index (χ0n) is 24.7. The van der Waals surface area contributed by atoms with E-state index in [2.05, 4.69) is 25.5 Å². The van der Waals surface area contributed by atoms with Gasteiger partial charge in [0.25, 0.3) is 0 Å². The molecule has 1 saturated heterocycles. The molecule has 0 atom stereocenters. The van der Waals surface area contributed by atoms with Gasteiger partial charge in [-0.1, -0.05) is 37.6 Å². The van der Waals surface area contributed by atoms with Gasteiger partial charge in [0.2, 0.25) is 5.91 Å². The minimum Gasteiger partial charge on any atom is -0.491 e. The Morgan fingerprint density at radius 2 is 1.89 bits per heavy atom. The molecule has 1 amide bonds. The number of hydrogen-bond donors (Lipinski definition) is 2. The van der Waals surface area contributed by atoms with E-state index in [4.69, 9.17) is 25.8 Å². The molecule has 1 fully saturated rings. The lowest BCUT2D eigenvalue weighted by molar-refractivity contribution is -0.118. The van der Waals surface area contributed by atoms with Crippen LogP contribution in [0.5, 0.6) is 11.5 Å². The van der Waals surface area contributed by atoms with Crippen LogP contribution in [0.25, 0.3) is 10.9 Å². The summed E-state index contributed by atoms with van der Waals surface area (Å²) >= 11 is 6.41. The van der Waals surface area contributed by atoms with Gasteiger partial charge in [-0.3, -0.25) is 9.69 Å². The summed E-state index contributed by atoms with van der Waals surface area (Å²) < 4.78 is 45.8. The van der Waals surface area contributed by atoms with Crippen molar-refractivity contribution in [3.8, 4) is 11.5 Å². The van der Waals surface area contributed by atoms with Gasteiger partial charge in [0.1, 0.15) is 41.9 Å². The number of nitrogens with one attached hydrogen (secondary N) is 2. The molecule has 5 rings (SSSR count). The Kier molecular flexibility index (Phi) is 10.1. The molecule has 1 aliphatic rings. The molecule has 1 aromatic heterocycles. The van der Waals surface area contributed by atoms with Crippen molar-refractivity contribution in [3.63, 3.8) is 0 Å². The molecule has 44 heavy (non-hydrogen) atoms. The number of anilines is 3. The number of methoxy groups -OCH3 is 1. The summed E-state index contributed by atoms with van der Waals surface area (Å²) in [7, 11) is 1.72. The fraction of sp³-hybridized carbons (Fsp3) is 0.344. The second-order valence-electron chi connectivity index (χ2n) is 10.9. The van der Waals surface area contributed by atoms with Crippen molar-refractivity contribution in [2.24, 2.45) is 5.92 Å². The lowest BCUT2D eigenvalue weighted by Gasteiger charge is -2.38. The van der Waals surface area contributed by atoms with Crippen LogP contribution in [-0.4, -0.2) is 60.2 Å².